The van der Waals surface area contributed by atoms with Crippen molar-refractivity contribution in [3.8, 4) is 5.75 Å². The Hall–Kier alpha value is -1.26. The summed E-state index contributed by atoms with van der Waals surface area (Å²) in [6.45, 7) is 5.49. The molecule has 5 heteroatoms. The average Bonchev–Trinajstić information content (AvgIpc) is 3.00. The minimum atomic E-state index is -0.732. The third kappa shape index (κ3) is 4.39. The first kappa shape index (κ1) is 18.1. The summed E-state index contributed by atoms with van der Waals surface area (Å²) in [6, 6.07) is 5.28. The lowest BCUT2D eigenvalue weighted by molar-refractivity contribution is -0.143. The second-order valence-corrected chi connectivity index (χ2v) is 6.44. The van der Waals surface area contributed by atoms with Crippen molar-refractivity contribution in [2.24, 2.45) is 0 Å². The van der Waals surface area contributed by atoms with E-state index >= 15 is 0 Å². The van der Waals surface area contributed by atoms with Gasteiger partial charge in [0.25, 0.3) is 0 Å². The summed E-state index contributed by atoms with van der Waals surface area (Å²) in [5.74, 6) is 0.0815. The van der Waals surface area contributed by atoms with Crippen LogP contribution >= 0.6 is 11.6 Å². The Labute approximate surface area is 143 Å². The molecule has 128 valence electrons. The maximum absolute atomic E-state index is 11.6. The molecule has 1 N–H and O–H groups in total. The molecular weight excluding hydrogens is 314 g/mol. The van der Waals surface area contributed by atoms with E-state index in [1.165, 1.54) is 0 Å². The Bertz CT molecular complexity index is 535. The summed E-state index contributed by atoms with van der Waals surface area (Å²) in [5.41, 5.74) is 1.01. The van der Waals surface area contributed by atoms with E-state index in [1.54, 1.807) is 0 Å². The Balaban J connectivity index is 2.38. The molecule has 0 amide bonds. The second-order valence-electron chi connectivity index (χ2n) is 6.01. The van der Waals surface area contributed by atoms with Crippen molar-refractivity contribution in [1.82, 2.24) is 4.90 Å². The summed E-state index contributed by atoms with van der Waals surface area (Å²) in [4.78, 5) is 13.7. The molecule has 2 atom stereocenters. The Morgan fingerprint density at radius 2 is 2.26 bits per heavy atom. The molecule has 0 aliphatic carbocycles. The van der Waals surface area contributed by atoms with Crippen LogP contribution in [0.1, 0.15) is 57.6 Å². The molecular formula is C18H26ClNO3. The zero-order chi connectivity index (χ0) is 16.8. The van der Waals surface area contributed by atoms with Gasteiger partial charge in [-0.1, -0.05) is 31.4 Å². The summed E-state index contributed by atoms with van der Waals surface area (Å²) in [7, 11) is 0. The number of hydrogen-bond donors (Lipinski definition) is 1. The topological polar surface area (TPSA) is 49.8 Å². The van der Waals surface area contributed by atoms with Gasteiger partial charge in [-0.3, -0.25) is 9.69 Å². The van der Waals surface area contributed by atoms with E-state index in [-0.39, 0.29) is 6.04 Å². The summed E-state index contributed by atoms with van der Waals surface area (Å²) in [6.07, 6.45) is 4.67. The normalized spacial score (nSPS) is 19.7. The molecule has 0 spiro atoms. The number of unbranched alkanes of at least 4 members (excludes halogenated alkanes) is 1. The molecule has 2 unspecified atom stereocenters. The van der Waals surface area contributed by atoms with Crippen LogP contribution in [-0.4, -0.2) is 35.2 Å². The first-order valence-electron chi connectivity index (χ1n) is 8.49. The number of hydrogen-bond acceptors (Lipinski definition) is 3. The quantitative estimate of drug-likeness (QED) is 0.756. The van der Waals surface area contributed by atoms with Gasteiger partial charge in [-0.2, -0.15) is 0 Å². The molecule has 23 heavy (non-hydrogen) atoms. The predicted molar refractivity (Wildman–Crippen MR) is 92.3 cm³/mol. The van der Waals surface area contributed by atoms with E-state index in [0.717, 1.165) is 43.5 Å². The van der Waals surface area contributed by atoms with Gasteiger partial charge >= 0.3 is 5.97 Å². The average molecular weight is 340 g/mol. The fourth-order valence-corrected chi connectivity index (χ4v) is 3.57. The molecule has 1 aromatic rings. The molecule has 4 nitrogen and oxygen atoms in total. The van der Waals surface area contributed by atoms with E-state index in [4.69, 9.17) is 16.3 Å². The third-order valence-corrected chi connectivity index (χ3v) is 4.68. The largest absolute Gasteiger partial charge is 0.494 e. The molecule has 2 rings (SSSR count). The van der Waals surface area contributed by atoms with Gasteiger partial charge in [-0.25, -0.2) is 0 Å². The number of halogens is 1. The Morgan fingerprint density at radius 3 is 2.91 bits per heavy atom. The van der Waals surface area contributed by atoms with Crippen molar-refractivity contribution in [2.45, 2.75) is 58.0 Å². The minimum Gasteiger partial charge on any atom is -0.494 e. The highest BCUT2D eigenvalue weighted by Gasteiger charge is 2.36. The van der Waals surface area contributed by atoms with Crippen molar-refractivity contribution in [1.29, 1.82) is 0 Å². The van der Waals surface area contributed by atoms with E-state index in [9.17, 15) is 9.90 Å². The number of rotatable bonds is 8. The molecule has 0 aromatic heterocycles. The lowest BCUT2D eigenvalue weighted by atomic mass is 9.97. The first-order valence-corrected chi connectivity index (χ1v) is 8.87. The standard InChI is InChI=1S/C18H26ClNO3/c1-3-5-7-15(20-11-6-8-16(20)18(21)22)14-12-13(19)9-10-17(14)23-4-2/h9-10,12,15-16H,3-8,11H2,1-2H3,(H,21,22). The number of nitrogens with zero attached hydrogens (tertiary/aromatic N) is 1. The van der Waals surface area contributed by atoms with Crippen molar-refractivity contribution in [3.05, 3.63) is 28.8 Å². The highest BCUT2D eigenvalue weighted by Crippen LogP contribution is 2.39. The first-order chi connectivity index (χ1) is 11.1. The zero-order valence-electron chi connectivity index (χ0n) is 13.9. The molecule has 1 fully saturated rings. The maximum Gasteiger partial charge on any atom is 0.320 e. The van der Waals surface area contributed by atoms with Crippen LogP contribution in [0.15, 0.2) is 18.2 Å². The number of likely N-dealkylation sites (tertiary alicyclic amines) is 1. The molecule has 1 aromatic carbocycles. The van der Waals surface area contributed by atoms with Gasteiger partial charge in [0.15, 0.2) is 0 Å². The van der Waals surface area contributed by atoms with Crippen molar-refractivity contribution < 1.29 is 14.6 Å². The molecule has 0 saturated carbocycles. The van der Waals surface area contributed by atoms with E-state index in [0.29, 0.717) is 18.1 Å². The van der Waals surface area contributed by atoms with Gasteiger partial charge in [0.2, 0.25) is 0 Å². The highest BCUT2D eigenvalue weighted by molar-refractivity contribution is 6.30. The van der Waals surface area contributed by atoms with Gasteiger partial charge in [0, 0.05) is 16.6 Å². The maximum atomic E-state index is 11.6. The second kappa shape index (κ2) is 8.55. The molecule has 1 aliphatic heterocycles. The van der Waals surface area contributed by atoms with Crippen LogP contribution in [0.5, 0.6) is 5.75 Å². The fourth-order valence-electron chi connectivity index (χ4n) is 3.39. The van der Waals surface area contributed by atoms with Crippen molar-refractivity contribution >= 4 is 17.6 Å². The molecule has 0 bridgehead atoms. The van der Waals surface area contributed by atoms with Crippen molar-refractivity contribution in [2.75, 3.05) is 13.2 Å². The van der Waals surface area contributed by atoms with Crippen LogP contribution in [0.2, 0.25) is 5.02 Å². The highest BCUT2D eigenvalue weighted by atomic mass is 35.5. The number of carbonyl (C=O) groups is 1. The lowest BCUT2D eigenvalue weighted by Gasteiger charge is -2.32. The third-order valence-electron chi connectivity index (χ3n) is 4.44. The fraction of sp³-hybridized carbons (Fsp3) is 0.611. The molecule has 1 saturated heterocycles. The van der Waals surface area contributed by atoms with Gasteiger partial charge in [0.1, 0.15) is 11.8 Å². The van der Waals surface area contributed by atoms with E-state index < -0.39 is 12.0 Å². The van der Waals surface area contributed by atoms with Gasteiger partial charge in [0.05, 0.1) is 6.61 Å². The smallest absolute Gasteiger partial charge is 0.320 e. The van der Waals surface area contributed by atoms with Gasteiger partial charge in [-0.05, 0) is 50.9 Å². The minimum absolute atomic E-state index is 0.0406. The van der Waals surface area contributed by atoms with E-state index in [1.807, 2.05) is 25.1 Å². The zero-order valence-corrected chi connectivity index (χ0v) is 14.7. The van der Waals surface area contributed by atoms with Crippen LogP contribution in [-0.2, 0) is 4.79 Å². The van der Waals surface area contributed by atoms with Crippen LogP contribution in [0, 0.1) is 0 Å². The molecule has 1 aliphatic rings. The SMILES string of the molecule is CCCCC(c1cc(Cl)ccc1OCC)N1CCCC1C(=O)O. The Morgan fingerprint density at radius 1 is 1.48 bits per heavy atom. The number of ether oxygens (including phenoxy) is 1. The van der Waals surface area contributed by atoms with Crippen LogP contribution in [0.25, 0.3) is 0 Å². The molecule has 1 heterocycles. The number of aliphatic carboxylic acids is 1. The summed E-state index contributed by atoms with van der Waals surface area (Å²) < 4.78 is 5.78. The van der Waals surface area contributed by atoms with E-state index in [2.05, 4.69) is 11.8 Å². The lowest BCUT2D eigenvalue weighted by Crippen LogP contribution is -2.39. The monoisotopic (exact) mass is 339 g/mol. The van der Waals surface area contributed by atoms with Crippen LogP contribution in [0.3, 0.4) is 0 Å². The number of benzene rings is 1. The number of carboxylic acid groups (broad SMARTS) is 1. The van der Waals surface area contributed by atoms with Gasteiger partial charge < -0.3 is 9.84 Å². The Kier molecular flexibility index (Phi) is 6.72. The van der Waals surface area contributed by atoms with Gasteiger partial charge in [-0.15, -0.1) is 0 Å². The van der Waals surface area contributed by atoms with Crippen LogP contribution < -0.4 is 4.74 Å². The predicted octanol–water partition coefficient (Wildman–Crippen LogP) is 4.52. The summed E-state index contributed by atoms with van der Waals surface area (Å²) in [5, 5.41) is 10.2. The van der Waals surface area contributed by atoms with Crippen molar-refractivity contribution in [3.63, 3.8) is 0 Å². The molecule has 0 radical (unpaired) electrons. The summed E-state index contributed by atoms with van der Waals surface area (Å²) >= 11 is 6.21. The number of carboxylic acids is 1. The van der Waals surface area contributed by atoms with Crippen LogP contribution in [0.4, 0.5) is 0 Å².